The summed E-state index contributed by atoms with van der Waals surface area (Å²) in [7, 11) is 13.8. The van der Waals surface area contributed by atoms with Crippen molar-refractivity contribution in [2.75, 3.05) is 88.5 Å². The van der Waals surface area contributed by atoms with E-state index in [9.17, 15) is 5.11 Å². The highest BCUT2D eigenvalue weighted by Gasteiger charge is 2.40. The van der Waals surface area contributed by atoms with Gasteiger partial charge in [-0.2, -0.15) is 5.26 Å². The lowest BCUT2D eigenvalue weighted by Crippen LogP contribution is -2.35. The van der Waals surface area contributed by atoms with E-state index in [2.05, 4.69) is 98.3 Å². The minimum absolute atomic E-state index is 0. The Morgan fingerprint density at radius 1 is 0.631 bits per heavy atom. The van der Waals surface area contributed by atoms with E-state index in [1.54, 1.807) is 48.9 Å². The Morgan fingerprint density at radius 2 is 1.06 bits per heavy atom. The lowest BCUT2D eigenvalue weighted by molar-refractivity contribution is -0.0233. The molecule has 0 radical (unpaired) electrons. The van der Waals surface area contributed by atoms with Crippen molar-refractivity contribution < 1.29 is 33.5 Å². The van der Waals surface area contributed by atoms with E-state index in [1.165, 1.54) is 19.0 Å². The highest BCUT2D eigenvalue weighted by molar-refractivity contribution is 7.44. The van der Waals surface area contributed by atoms with Crippen LogP contribution in [0.25, 0.3) is 33.5 Å². The molecule has 32 heteroatoms. The summed E-state index contributed by atoms with van der Waals surface area (Å²) in [5.74, 6) is 1.33. The van der Waals surface area contributed by atoms with Crippen LogP contribution in [0.2, 0.25) is 0 Å². The number of hydrogen-bond donors (Lipinski definition) is 4. The van der Waals surface area contributed by atoms with Gasteiger partial charge in [-0.15, -0.1) is 0 Å². The van der Waals surface area contributed by atoms with Gasteiger partial charge in [0.2, 0.25) is 0 Å². The molecular weight excluding hydrogens is 1100 g/mol. The number of rotatable bonds is 22. The van der Waals surface area contributed by atoms with Gasteiger partial charge in [0.05, 0.1) is 101 Å². The van der Waals surface area contributed by atoms with Gasteiger partial charge in [-0.05, 0) is 27.7 Å². The van der Waals surface area contributed by atoms with Crippen LogP contribution < -0.4 is 11.5 Å². The highest BCUT2D eigenvalue weighted by Crippen LogP contribution is 2.47. The number of hydrogen-bond acceptors (Lipinski definition) is 24. The molecule has 31 nitrogen and oxygen atoms in total. The fourth-order valence-electron chi connectivity index (χ4n) is 9.10. The molecule has 10 atom stereocenters. The third-order valence-corrected chi connectivity index (χ3v) is 14.9. The van der Waals surface area contributed by atoms with Gasteiger partial charge in [-0.1, -0.05) is 7.43 Å². The summed E-state index contributed by atoms with van der Waals surface area (Å²) in [5, 5.41) is 27.7. The first kappa shape index (κ1) is 66.0. The topological polar surface area (TPSA) is 359 Å². The maximum absolute atomic E-state index is 9.61. The quantitative estimate of drug-likeness (QED) is 0.0327. The first-order chi connectivity index (χ1) is 39.8. The van der Waals surface area contributed by atoms with E-state index >= 15 is 0 Å². The monoisotopic (exact) mass is 1190 g/mol. The minimum Gasteiger partial charge on any atom is -0.394 e. The summed E-state index contributed by atoms with van der Waals surface area (Å²) in [6.07, 6.45) is 16.4. The van der Waals surface area contributed by atoms with Crippen LogP contribution in [-0.4, -0.2) is 250 Å². The standard InChI is InChI=1S/C25H41N10O3P.C16H24N8O2.C10H14N6O2.CH4/c1-18(2)35(19(3)4)39(36-11-9-10-26)37-13-21-20(29-15-32(5)6)12-22(38-21)34-17-30-23-24(31-16-33(7)8)27-14-28-25(23)34;1-22(2)8-19-11-5-13(26-12(11)6-25)24-10-20-14-15(21-9-23(3)4)17-7-18-16(14)24;11-5-1-7(18-6(5)2-17)16-4-15-8-9(12)13-3-14-10(8)16;/h14-22H,9,11-13H2,1-8H3;7-13,25H,5-6H2,1-4H3;3-7,17H,1-2,11H2,(H2,12,13,14);1H4/t20-,21+,22+,39?;11-,12+,13+;5-,6+,7+;/m000./s1. The van der Waals surface area contributed by atoms with Gasteiger partial charge in [-0.25, -0.2) is 59.5 Å². The van der Waals surface area contributed by atoms with Gasteiger partial charge >= 0.3 is 0 Å². The molecule has 0 saturated carbocycles. The van der Waals surface area contributed by atoms with Gasteiger partial charge in [0, 0.05) is 93.8 Å². The first-order valence-corrected chi connectivity index (χ1v) is 28.2. The smallest absolute Gasteiger partial charge is 0.259 e. The van der Waals surface area contributed by atoms with Crippen molar-refractivity contribution in [3.63, 3.8) is 0 Å². The van der Waals surface area contributed by atoms with Crippen LogP contribution in [0.15, 0.2) is 57.9 Å². The van der Waals surface area contributed by atoms with E-state index < -0.39 is 8.53 Å². The number of nitriles is 1. The molecule has 3 saturated heterocycles. The zero-order valence-electron chi connectivity index (χ0n) is 49.2. The number of aliphatic hydroxyl groups excluding tert-OH is 2. The van der Waals surface area contributed by atoms with E-state index in [4.69, 9.17) is 50.1 Å². The molecule has 3 fully saturated rings. The number of aromatic nitrogens is 12. The van der Waals surface area contributed by atoms with Crippen molar-refractivity contribution >= 4 is 84.8 Å². The van der Waals surface area contributed by atoms with E-state index in [0.717, 1.165) is 0 Å². The van der Waals surface area contributed by atoms with Gasteiger partial charge in [0.25, 0.3) is 8.53 Å². The van der Waals surface area contributed by atoms with Crippen molar-refractivity contribution in [2.24, 2.45) is 25.7 Å². The number of nitrogens with zero attached hydrogens (tertiary/aromatic N) is 22. The van der Waals surface area contributed by atoms with Crippen molar-refractivity contribution in [1.29, 1.82) is 5.26 Å². The average Bonchev–Trinajstić information content (AvgIpc) is 2.62. The van der Waals surface area contributed by atoms with E-state index in [0.29, 0.717) is 89.8 Å². The molecule has 3 aliphatic rings. The van der Waals surface area contributed by atoms with E-state index in [1.807, 2.05) is 85.1 Å². The predicted octanol–water partition coefficient (Wildman–Crippen LogP) is 3.52. The summed E-state index contributed by atoms with van der Waals surface area (Å²) in [6, 6.07) is 2.08. The maximum Gasteiger partial charge on any atom is 0.259 e. The van der Waals surface area contributed by atoms with Crippen LogP contribution in [-0.2, 0) is 23.3 Å². The Labute approximate surface area is 491 Å². The van der Waals surface area contributed by atoms with Crippen molar-refractivity contribution in [2.45, 2.75) is 128 Å². The number of anilines is 1. The van der Waals surface area contributed by atoms with Gasteiger partial charge in [0.1, 0.15) is 55.4 Å². The van der Waals surface area contributed by atoms with Crippen LogP contribution >= 0.6 is 8.53 Å². The second kappa shape index (κ2) is 31.2. The Kier molecular flexibility index (Phi) is 24.5. The summed E-state index contributed by atoms with van der Waals surface area (Å²) in [5.41, 5.74) is 15.3. The summed E-state index contributed by atoms with van der Waals surface area (Å²) >= 11 is 0. The Balaban J connectivity index is 0.000000216. The molecule has 84 heavy (non-hydrogen) atoms. The number of nitrogen functional groups attached to an aromatic ring is 1. The molecular formula is C52H83N24O7P. The van der Waals surface area contributed by atoms with Gasteiger partial charge in [0.15, 0.2) is 45.4 Å². The maximum atomic E-state index is 9.61. The summed E-state index contributed by atoms with van der Waals surface area (Å²) < 4.78 is 38.3. The molecule has 6 aromatic rings. The molecule has 3 aliphatic heterocycles. The number of imidazole rings is 3. The minimum atomic E-state index is -1.39. The highest BCUT2D eigenvalue weighted by atomic mass is 31.2. The normalized spacial score (nSPS) is 22.9. The molecule has 0 spiro atoms. The Hall–Kier alpha value is -7.11. The molecule has 6 N–H and O–H groups in total. The third kappa shape index (κ3) is 16.8. The lowest BCUT2D eigenvalue weighted by atomic mass is 10.1. The number of aliphatic imine (C=N–C) groups is 4. The largest absolute Gasteiger partial charge is 0.394 e. The fourth-order valence-corrected chi connectivity index (χ4v) is 10.7. The molecule has 0 aliphatic carbocycles. The van der Waals surface area contributed by atoms with Gasteiger partial charge < -0.3 is 64.5 Å². The van der Waals surface area contributed by atoms with Crippen LogP contribution in [0.1, 0.15) is 79.5 Å². The van der Waals surface area contributed by atoms with Crippen LogP contribution in [0.5, 0.6) is 0 Å². The number of nitrogens with two attached hydrogens (primary N) is 2. The van der Waals surface area contributed by atoms with Crippen LogP contribution in [0, 0.1) is 11.3 Å². The Morgan fingerprint density at radius 3 is 1.51 bits per heavy atom. The van der Waals surface area contributed by atoms with E-state index in [-0.39, 0.29) is 87.8 Å². The van der Waals surface area contributed by atoms with Crippen molar-refractivity contribution in [3.8, 4) is 6.07 Å². The molecule has 458 valence electrons. The first-order valence-electron chi connectivity index (χ1n) is 27.1. The SMILES string of the molecule is C.CC(C)N(C(C)C)P(OCCC#N)OC[C@H]1O[C@@H](n2cnc3c(N=CN(C)C)ncnc32)C[C@@H]1N=CN(C)C.CN(C)C=Nc1ncnc2c1ncn2[C@H]1C[C@H](N=CN(C)C)[C@@H](CO)O1.Nc1ncnc2c1ncn2[C@H]1C[C@H](N)[C@@H](CO)O1. The molecule has 0 amide bonds. The Bertz CT molecular complexity index is 3150. The van der Waals surface area contributed by atoms with Crippen molar-refractivity contribution in [1.82, 2.24) is 82.8 Å². The van der Waals surface area contributed by atoms with Crippen LogP contribution in [0.3, 0.4) is 0 Å². The molecule has 1 unspecified atom stereocenters. The third-order valence-electron chi connectivity index (χ3n) is 12.9. The lowest BCUT2D eigenvalue weighted by Gasteiger charge is -2.36. The van der Waals surface area contributed by atoms with Crippen molar-refractivity contribution in [3.05, 3.63) is 38.0 Å². The second-order valence-electron chi connectivity index (χ2n) is 21.1. The summed E-state index contributed by atoms with van der Waals surface area (Å²) in [6.45, 7) is 8.87. The molecule has 0 bridgehead atoms. The van der Waals surface area contributed by atoms with Gasteiger partial charge in [-0.3, -0.25) is 23.7 Å². The number of fused-ring (bicyclic) bond motifs is 3. The number of aliphatic hydroxyl groups is 2. The zero-order chi connectivity index (χ0) is 59.9. The second-order valence-corrected chi connectivity index (χ2v) is 22.6. The molecule has 9 rings (SSSR count). The fraction of sp³-hybridized carbons (Fsp3) is 0.615. The molecule has 9 heterocycles. The summed E-state index contributed by atoms with van der Waals surface area (Å²) in [4.78, 5) is 63.9. The van der Waals surface area contributed by atoms with Crippen LogP contribution in [0.4, 0.5) is 17.5 Å². The average molecular weight is 1190 g/mol. The molecule has 6 aromatic heterocycles. The molecule has 0 aromatic carbocycles. The zero-order valence-corrected chi connectivity index (χ0v) is 50.1. The predicted molar refractivity (Wildman–Crippen MR) is 322 cm³/mol. The number of ether oxygens (including phenoxy) is 3.